The van der Waals surface area contributed by atoms with Crippen LogP contribution in [-0.2, 0) is 0 Å². The number of hydrogen-bond acceptors (Lipinski definition) is 2. The van der Waals surface area contributed by atoms with Gasteiger partial charge in [-0.1, -0.05) is 68.3 Å². The number of unbranched alkanes of at least 4 members (excludes halogenated alkanes) is 1. The fraction of sp³-hybridized carbons (Fsp3) is 0.333. The van der Waals surface area contributed by atoms with Crippen molar-refractivity contribution in [3.63, 3.8) is 0 Å². The summed E-state index contributed by atoms with van der Waals surface area (Å²) in [6, 6.07) is 9.56. The fourth-order valence-electron chi connectivity index (χ4n) is 2.95. The molecule has 1 aromatic heterocycles. The monoisotopic (exact) mass is 372 g/mol. The molecule has 0 fully saturated rings. The fourth-order valence-corrected chi connectivity index (χ4v) is 3.12. The molecule has 26 heavy (non-hydrogen) atoms. The van der Waals surface area contributed by atoms with E-state index in [4.69, 9.17) is 11.6 Å². The predicted molar refractivity (Wildman–Crippen MR) is 109 cm³/mol. The Hall–Kier alpha value is -2.33. The minimum absolute atomic E-state index is 0.191. The van der Waals surface area contributed by atoms with Crippen LogP contribution in [0.5, 0.6) is 0 Å². The molecule has 1 N–H and O–H groups in total. The Bertz CT molecular complexity index is 908. The van der Waals surface area contributed by atoms with Gasteiger partial charge < -0.3 is 4.98 Å². The second kappa shape index (κ2) is 9.39. The number of nitrogens with zero attached hydrogens (tertiary/aromatic N) is 1. The zero-order valence-electron chi connectivity index (χ0n) is 15.5. The molecule has 0 saturated carbocycles. The number of H-pyrrole nitrogens is 1. The molecule has 0 bridgehead atoms. The van der Waals surface area contributed by atoms with E-state index in [1.54, 1.807) is 16.7 Å². The van der Waals surface area contributed by atoms with Gasteiger partial charge in [0, 0.05) is 10.7 Å². The predicted octanol–water partition coefficient (Wildman–Crippen LogP) is 4.78. The van der Waals surface area contributed by atoms with Gasteiger partial charge in [-0.15, -0.1) is 0 Å². The maximum absolute atomic E-state index is 12.6. The van der Waals surface area contributed by atoms with Crippen LogP contribution in [0.25, 0.3) is 6.08 Å². The highest BCUT2D eigenvalue weighted by Gasteiger charge is 2.18. The summed E-state index contributed by atoms with van der Waals surface area (Å²) in [7, 11) is 0. The number of halogens is 1. The van der Waals surface area contributed by atoms with Crippen molar-refractivity contribution >= 4 is 17.7 Å². The van der Waals surface area contributed by atoms with Crippen molar-refractivity contribution in [1.82, 2.24) is 9.55 Å². The van der Waals surface area contributed by atoms with E-state index < -0.39 is 11.1 Å². The molecule has 4 nitrogen and oxygen atoms in total. The third-order valence-corrected chi connectivity index (χ3v) is 4.61. The van der Waals surface area contributed by atoms with Gasteiger partial charge in [-0.3, -0.25) is 14.2 Å². The average Bonchev–Trinajstić information content (AvgIpc) is 2.66. The van der Waals surface area contributed by atoms with E-state index >= 15 is 0 Å². The number of rotatable bonds is 7. The van der Waals surface area contributed by atoms with Gasteiger partial charge in [0.2, 0.25) is 0 Å². The van der Waals surface area contributed by atoms with Crippen LogP contribution < -0.4 is 11.1 Å². The molecule has 2 rings (SSSR count). The van der Waals surface area contributed by atoms with Crippen LogP contribution in [0.15, 0.2) is 57.1 Å². The quantitative estimate of drug-likeness (QED) is 0.561. The van der Waals surface area contributed by atoms with Crippen molar-refractivity contribution in [1.29, 1.82) is 0 Å². The van der Waals surface area contributed by atoms with Crippen LogP contribution in [-0.4, -0.2) is 9.55 Å². The van der Waals surface area contributed by atoms with Gasteiger partial charge in [0.15, 0.2) is 0 Å². The van der Waals surface area contributed by atoms with Crippen LogP contribution in [0, 0.1) is 6.92 Å². The number of aromatic amines is 1. The first kappa shape index (κ1) is 20.0. The van der Waals surface area contributed by atoms with Gasteiger partial charge >= 0.3 is 11.1 Å². The van der Waals surface area contributed by atoms with Gasteiger partial charge in [-0.25, -0.2) is 0 Å². The molecular formula is C21H25ClN2O2. The van der Waals surface area contributed by atoms with E-state index in [9.17, 15) is 9.59 Å². The molecule has 0 aliphatic heterocycles. The largest absolute Gasteiger partial charge is 0.317 e. The molecule has 0 aliphatic carbocycles. The van der Waals surface area contributed by atoms with E-state index in [0.717, 1.165) is 18.4 Å². The summed E-state index contributed by atoms with van der Waals surface area (Å²) in [6.45, 7) is 5.92. The lowest BCUT2D eigenvalue weighted by Gasteiger charge is -2.22. The Morgan fingerprint density at radius 2 is 1.92 bits per heavy atom. The molecule has 1 unspecified atom stereocenters. The molecule has 0 spiro atoms. The van der Waals surface area contributed by atoms with Gasteiger partial charge in [0.25, 0.3) is 0 Å². The second-order valence-corrected chi connectivity index (χ2v) is 6.61. The smallest absolute Gasteiger partial charge is 0.316 e. The lowest BCUT2D eigenvalue weighted by Crippen LogP contribution is -2.40. The molecule has 2 aromatic rings. The highest BCUT2D eigenvalue weighted by molar-refractivity contribution is 6.31. The number of hydrogen-bond donors (Lipinski definition) is 1. The molecule has 5 heteroatoms. The zero-order valence-corrected chi connectivity index (χ0v) is 16.2. The van der Waals surface area contributed by atoms with E-state index in [-0.39, 0.29) is 6.04 Å². The third kappa shape index (κ3) is 4.64. The van der Waals surface area contributed by atoms with E-state index in [1.807, 2.05) is 50.3 Å². The molecule has 138 valence electrons. The van der Waals surface area contributed by atoms with Crippen molar-refractivity contribution < 1.29 is 0 Å². The van der Waals surface area contributed by atoms with E-state index in [0.29, 0.717) is 22.8 Å². The Labute approximate surface area is 158 Å². The highest BCUT2D eigenvalue weighted by Crippen LogP contribution is 2.22. The highest BCUT2D eigenvalue weighted by atomic mass is 35.5. The van der Waals surface area contributed by atoms with Gasteiger partial charge in [0.05, 0.1) is 11.7 Å². The summed E-state index contributed by atoms with van der Waals surface area (Å²) in [5.74, 6) is 0. The van der Waals surface area contributed by atoms with Crippen LogP contribution in [0.1, 0.15) is 56.1 Å². The first-order valence-electron chi connectivity index (χ1n) is 8.93. The summed E-state index contributed by atoms with van der Waals surface area (Å²) < 4.78 is 1.58. The van der Waals surface area contributed by atoms with Gasteiger partial charge in [0.1, 0.15) is 0 Å². The summed E-state index contributed by atoms with van der Waals surface area (Å²) in [6.07, 6.45) is 8.03. The molecule has 1 heterocycles. The lowest BCUT2D eigenvalue weighted by atomic mass is 10.0. The lowest BCUT2D eigenvalue weighted by molar-refractivity contribution is 0.527. The Balaban J connectivity index is 2.54. The number of benzene rings is 1. The van der Waals surface area contributed by atoms with Crippen molar-refractivity contribution in [2.45, 2.75) is 46.1 Å². The van der Waals surface area contributed by atoms with Crippen LogP contribution in [0.3, 0.4) is 0 Å². The molecule has 0 saturated heterocycles. The van der Waals surface area contributed by atoms with E-state index in [2.05, 4.69) is 11.9 Å². The molecule has 0 radical (unpaired) electrons. The summed E-state index contributed by atoms with van der Waals surface area (Å²) in [4.78, 5) is 27.4. The Morgan fingerprint density at radius 3 is 2.54 bits per heavy atom. The average molecular weight is 373 g/mol. The van der Waals surface area contributed by atoms with Crippen LogP contribution in [0.2, 0.25) is 0 Å². The molecule has 0 amide bonds. The number of nitrogens with one attached hydrogen (secondary N) is 1. The van der Waals surface area contributed by atoms with Crippen molar-refractivity contribution in [3.8, 4) is 0 Å². The SMILES string of the molecule is CCC/C=C(Cl)/C=C\c1[nH]c(=O)c(=O)n(C(CC)c2ccccc2)c1C. The Morgan fingerprint density at radius 1 is 1.23 bits per heavy atom. The van der Waals surface area contributed by atoms with Gasteiger partial charge in [-0.05, 0) is 37.5 Å². The topological polar surface area (TPSA) is 54.9 Å². The standard InChI is InChI=1S/C21H25ClN2O2/c1-4-6-12-17(22)13-14-18-15(3)24(21(26)20(25)23-18)19(5-2)16-10-8-7-9-11-16/h7-14,19H,4-6H2,1-3H3,(H,23,25)/b14-13-,17-12-. The van der Waals surface area contributed by atoms with Crippen LogP contribution >= 0.6 is 11.6 Å². The van der Waals surface area contributed by atoms with Crippen LogP contribution in [0.4, 0.5) is 0 Å². The summed E-state index contributed by atoms with van der Waals surface area (Å²) in [5, 5.41) is 0.611. The maximum Gasteiger partial charge on any atom is 0.317 e. The minimum atomic E-state index is -0.627. The van der Waals surface area contributed by atoms with Crippen molar-refractivity contribution in [3.05, 3.63) is 85.2 Å². The number of aromatic nitrogens is 2. The second-order valence-electron chi connectivity index (χ2n) is 6.17. The number of allylic oxidation sites excluding steroid dienone is 3. The molecule has 0 aliphatic rings. The first-order chi connectivity index (χ1) is 12.5. The van der Waals surface area contributed by atoms with Crippen molar-refractivity contribution in [2.24, 2.45) is 0 Å². The molecule has 1 atom stereocenters. The summed E-state index contributed by atoms with van der Waals surface area (Å²) >= 11 is 6.17. The van der Waals surface area contributed by atoms with Gasteiger partial charge in [-0.2, -0.15) is 0 Å². The minimum Gasteiger partial charge on any atom is -0.316 e. The molecule has 1 aromatic carbocycles. The van der Waals surface area contributed by atoms with E-state index in [1.165, 1.54) is 0 Å². The zero-order chi connectivity index (χ0) is 19.1. The Kier molecular flexibility index (Phi) is 7.22. The van der Waals surface area contributed by atoms with Crippen molar-refractivity contribution in [2.75, 3.05) is 0 Å². The molecular weight excluding hydrogens is 348 g/mol. The normalized spacial score (nSPS) is 13.3. The summed E-state index contributed by atoms with van der Waals surface area (Å²) in [5.41, 5.74) is 1.14. The first-order valence-corrected chi connectivity index (χ1v) is 9.31. The maximum atomic E-state index is 12.6. The third-order valence-electron chi connectivity index (χ3n) is 4.33.